The first-order valence-electron chi connectivity index (χ1n) is 3.19. The monoisotopic (exact) mass is 188 g/mol. The van der Waals surface area contributed by atoms with Crippen molar-refractivity contribution >= 4 is 24.5 Å². The Kier molecular flexibility index (Phi) is 2.92. The maximum absolute atomic E-state index is 10.5. The summed E-state index contributed by atoms with van der Waals surface area (Å²) < 4.78 is 0. The van der Waals surface area contributed by atoms with E-state index in [1.807, 2.05) is 0 Å². The lowest BCUT2D eigenvalue weighted by molar-refractivity contribution is -0.137. The van der Waals surface area contributed by atoms with Gasteiger partial charge in [0.15, 0.2) is 0 Å². The second kappa shape index (κ2) is 3.96. The Balaban J connectivity index is 2.54. The molecule has 1 aromatic heterocycles. The van der Waals surface area contributed by atoms with Gasteiger partial charge in [-0.3, -0.25) is 0 Å². The Bertz CT molecular complexity index is 250. The molecular weight excluding hydrogens is 180 g/mol. The highest BCUT2D eigenvalue weighted by molar-refractivity contribution is 7.80. The van der Waals surface area contributed by atoms with Gasteiger partial charge in [-0.25, -0.2) is 14.9 Å². The Labute approximate surface area is 73.8 Å². The van der Waals surface area contributed by atoms with Crippen molar-refractivity contribution in [1.82, 2.24) is 15.2 Å². The van der Waals surface area contributed by atoms with Crippen molar-refractivity contribution in [1.29, 1.82) is 0 Å². The van der Waals surface area contributed by atoms with Crippen molar-refractivity contribution in [3.8, 4) is 0 Å². The van der Waals surface area contributed by atoms with Crippen LogP contribution in [0.15, 0.2) is 6.33 Å². The summed E-state index contributed by atoms with van der Waals surface area (Å²) in [5.74, 6) is -0.450. The van der Waals surface area contributed by atoms with Crippen LogP contribution in [0.5, 0.6) is 0 Å². The minimum Gasteiger partial charge on any atom is -0.480 e. The highest BCUT2D eigenvalue weighted by atomic mass is 32.1. The molecule has 66 valence electrons. The van der Waals surface area contributed by atoms with E-state index in [-0.39, 0.29) is 5.75 Å². The van der Waals surface area contributed by atoms with Gasteiger partial charge in [-0.2, -0.15) is 17.7 Å². The van der Waals surface area contributed by atoms with Crippen molar-refractivity contribution in [2.75, 3.05) is 11.1 Å². The molecule has 1 rings (SSSR count). The normalized spacial score (nSPS) is 12.4. The fourth-order valence-corrected chi connectivity index (χ4v) is 0.873. The molecule has 0 aliphatic carbocycles. The van der Waals surface area contributed by atoms with Crippen molar-refractivity contribution in [2.24, 2.45) is 0 Å². The second-order valence-electron chi connectivity index (χ2n) is 2.05. The third kappa shape index (κ3) is 2.12. The van der Waals surface area contributed by atoms with Crippen molar-refractivity contribution in [2.45, 2.75) is 6.04 Å². The van der Waals surface area contributed by atoms with E-state index in [1.54, 1.807) is 0 Å². The highest BCUT2D eigenvalue weighted by Gasteiger charge is 2.15. The minimum absolute atomic E-state index is 0.191. The number of aliphatic carboxylic acids is 1. The predicted octanol–water partition coefficient (Wildman–Crippen LogP) is -0.400. The number of hydrogen-bond acceptors (Lipinski definition) is 5. The van der Waals surface area contributed by atoms with Crippen LogP contribution in [0.3, 0.4) is 0 Å². The zero-order valence-electron chi connectivity index (χ0n) is 6.06. The molecule has 0 aromatic carbocycles. The molecule has 1 heterocycles. The molecule has 3 N–H and O–H groups in total. The van der Waals surface area contributed by atoms with E-state index in [1.165, 1.54) is 6.33 Å². The van der Waals surface area contributed by atoms with Crippen LogP contribution in [0.25, 0.3) is 0 Å². The Morgan fingerprint density at radius 2 is 2.67 bits per heavy atom. The van der Waals surface area contributed by atoms with E-state index in [9.17, 15) is 4.79 Å². The number of carbonyl (C=O) groups is 1. The van der Waals surface area contributed by atoms with E-state index in [0.29, 0.717) is 5.95 Å². The van der Waals surface area contributed by atoms with Gasteiger partial charge in [0.25, 0.3) is 0 Å². The van der Waals surface area contributed by atoms with Crippen LogP contribution in [0.1, 0.15) is 0 Å². The average Bonchev–Trinajstić information content (AvgIpc) is 2.51. The molecule has 0 spiro atoms. The number of aromatic amines is 1. The Hall–Kier alpha value is -1.24. The van der Waals surface area contributed by atoms with Gasteiger partial charge in [0.05, 0.1) is 0 Å². The quantitative estimate of drug-likeness (QED) is 0.483. The van der Waals surface area contributed by atoms with Crippen LogP contribution in [0, 0.1) is 0 Å². The molecule has 12 heavy (non-hydrogen) atoms. The maximum Gasteiger partial charge on any atom is 0.327 e. The number of hydrogen-bond donors (Lipinski definition) is 4. The van der Waals surface area contributed by atoms with Gasteiger partial charge in [0, 0.05) is 5.75 Å². The molecule has 1 atom stereocenters. The average molecular weight is 188 g/mol. The van der Waals surface area contributed by atoms with Crippen LogP contribution in [-0.2, 0) is 4.79 Å². The van der Waals surface area contributed by atoms with E-state index in [2.05, 4.69) is 33.1 Å². The van der Waals surface area contributed by atoms with Crippen molar-refractivity contribution in [3.63, 3.8) is 0 Å². The molecule has 0 fully saturated rings. The fourth-order valence-electron chi connectivity index (χ4n) is 0.626. The minimum atomic E-state index is -0.971. The van der Waals surface area contributed by atoms with E-state index >= 15 is 0 Å². The van der Waals surface area contributed by atoms with Gasteiger partial charge in [0.1, 0.15) is 12.4 Å². The number of anilines is 1. The van der Waals surface area contributed by atoms with E-state index in [0.717, 1.165) is 0 Å². The first-order chi connectivity index (χ1) is 5.74. The third-order valence-corrected chi connectivity index (χ3v) is 1.57. The molecule has 1 unspecified atom stereocenters. The van der Waals surface area contributed by atoms with Crippen molar-refractivity contribution in [3.05, 3.63) is 6.33 Å². The lowest BCUT2D eigenvalue weighted by Crippen LogP contribution is -2.31. The number of carboxylic acids is 1. The number of carboxylic acid groups (broad SMARTS) is 1. The number of thiol groups is 1. The van der Waals surface area contributed by atoms with Gasteiger partial charge in [0.2, 0.25) is 5.95 Å². The Morgan fingerprint density at radius 1 is 1.92 bits per heavy atom. The van der Waals surface area contributed by atoms with Crippen LogP contribution in [0.2, 0.25) is 0 Å². The molecule has 6 nitrogen and oxygen atoms in total. The van der Waals surface area contributed by atoms with Crippen molar-refractivity contribution < 1.29 is 9.90 Å². The number of nitrogens with zero attached hydrogens (tertiary/aromatic N) is 2. The van der Waals surface area contributed by atoms with Gasteiger partial charge < -0.3 is 10.4 Å². The topological polar surface area (TPSA) is 90.9 Å². The molecular formula is C5H8N4O2S. The van der Waals surface area contributed by atoms with Gasteiger partial charge >= 0.3 is 5.97 Å². The molecule has 0 saturated heterocycles. The standard InChI is InChI=1S/C5H8N4O2S/c10-4(11)3(1-12)8-5-6-2-7-9-5/h2-3,12H,1H2,(H,10,11)(H2,6,7,8,9). The molecule has 0 saturated carbocycles. The largest absolute Gasteiger partial charge is 0.480 e. The summed E-state index contributed by atoms with van der Waals surface area (Å²) in [6.45, 7) is 0. The van der Waals surface area contributed by atoms with Gasteiger partial charge in [-0.1, -0.05) is 0 Å². The summed E-state index contributed by atoms with van der Waals surface area (Å²) in [6, 6.07) is -0.749. The summed E-state index contributed by atoms with van der Waals surface area (Å²) in [7, 11) is 0. The van der Waals surface area contributed by atoms with E-state index < -0.39 is 12.0 Å². The summed E-state index contributed by atoms with van der Waals surface area (Å²) in [4.78, 5) is 14.2. The summed E-state index contributed by atoms with van der Waals surface area (Å²) >= 11 is 3.86. The first kappa shape index (κ1) is 8.85. The summed E-state index contributed by atoms with van der Waals surface area (Å²) in [5.41, 5.74) is 0. The van der Waals surface area contributed by atoms with Gasteiger partial charge in [-0.05, 0) is 0 Å². The molecule has 0 aliphatic heterocycles. The Morgan fingerprint density at radius 3 is 3.08 bits per heavy atom. The molecule has 7 heteroatoms. The maximum atomic E-state index is 10.5. The van der Waals surface area contributed by atoms with Crippen LogP contribution in [-0.4, -0.2) is 38.1 Å². The molecule has 1 aromatic rings. The third-order valence-electron chi connectivity index (χ3n) is 1.21. The highest BCUT2D eigenvalue weighted by Crippen LogP contribution is 1.98. The molecule has 0 radical (unpaired) electrons. The zero-order chi connectivity index (χ0) is 8.97. The fraction of sp³-hybridized carbons (Fsp3) is 0.400. The first-order valence-corrected chi connectivity index (χ1v) is 3.83. The second-order valence-corrected chi connectivity index (χ2v) is 2.42. The van der Waals surface area contributed by atoms with Gasteiger partial charge in [-0.15, -0.1) is 0 Å². The lowest BCUT2D eigenvalue weighted by Gasteiger charge is -2.09. The van der Waals surface area contributed by atoms with Crippen LogP contribution < -0.4 is 5.32 Å². The number of nitrogens with one attached hydrogen (secondary N) is 2. The molecule has 0 amide bonds. The SMILES string of the molecule is O=C(O)C(CS)Nc1ncn[nH]1. The zero-order valence-corrected chi connectivity index (χ0v) is 6.95. The summed E-state index contributed by atoms with van der Waals surface area (Å²) in [6.07, 6.45) is 1.29. The van der Waals surface area contributed by atoms with Crippen LogP contribution >= 0.6 is 12.6 Å². The number of H-pyrrole nitrogens is 1. The predicted molar refractivity (Wildman–Crippen MR) is 45.3 cm³/mol. The molecule has 0 aliphatic rings. The molecule has 0 bridgehead atoms. The van der Waals surface area contributed by atoms with E-state index in [4.69, 9.17) is 5.11 Å². The van der Waals surface area contributed by atoms with Crippen LogP contribution in [0.4, 0.5) is 5.95 Å². The smallest absolute Gasteiger partial charge is 0.327 e. The number of rotatable bonds is 4. The number of aromatic nitrogens is 3. The summed E-state index contributed by atoms with van der Waals surface area (Å²) in [5, 5.41) is 17.2. The lowest BCUT2D eigenvalue weighted by atomic mass is 10.3.